The van der Waals surface area contributed by atoms with Gasteiger partial charge in [-0.3, -0.25) is 0 Å². The van der Waals surface area contributed by atoms with Gasteiger partial charge in [0.05, 0.1) is 21.4 Å². The molecule has 1 aromatic rings. The number of halogens is 8. The molecule has 0 aliphatic heterocycles. The van der Waals surface area contributed by atoms with Crippen molar-refractivity contribution in [2.75, 3.05) is 5.75 Å². The van der Waals surface area contributed by atoms with Gasteiger partial charge in [0.15, 0.2) is 0 Å². The molecule has 1 aromatic carbocycles. The maximum atomic E-state index is 13.5. The van der Waals surface area contributed by atoms with Crippen molar-refractivity contribution in [1.82, 2.24) is 0 Å². The lowest BCUT2D eigenvalue weighted by molar-refractivity contribution is -0.356. The molecule has 0 radical (unpaired) electrons. The van der Waals surface area contributed by atoms with Crippen LogP contribution in [0.3, 0.4) is 0 Å². The summed E-state index contributed by atoms with van der Waals surface area (Å²) in [6.07, 6.45) is -13.0. The molecule has 0 N–H and O–H groups in total. The molecule has 0 saturated carbocycles. The number of carbonyl (C=O) groups is 1. The first kappa shape index (κ1) is 21.9. The third kappa shape index (κ3) is 4.93. The molecule has 1 rings (SSSR count). The summed E-state index contributed by atoms with van der Waals surface area (Å²) < 4.78 is 126. The zero-order valence-electron chi connectivity index (χ0n) is 11.4. The quantitative estimate of drug-likeness (QED) is 0.270. The van der Waals surface area contributed by atoms with Crippen LogP contribution in [0.25, 0.3) is 0 Å². The largest absolute Gasteiger partial charge is 0.748 e. The minimum absolute atomic E-state index is 0.0620. The van der Waals surface area contributed by atoms with Gasteiger partial charge >= 0.3 is 23.9 Å². The number of alkyl halides is 6. The fraction of sp³-hybridized carbons (Fsp3) is 0.364. The normalized spacial score (nSPS) is 13.6. The van der Waals surface area contributed by atoms with Crippen LogP contribution in [-0.4, -0.2) is 42.6 Å². The van der Waals surface area contributed by atoms with Crippen LogP contribution in [0, 0.1) is 9.39 Å². The van der Waals surface area contributed by atoms with E-state index in [2.05, 4.69) is 4.74 Å². The van der Waals surface area contributed by atoms with E-state index in [1.165, 1.54) is 22.6 Å². The van der Waals surface area contributed by atoms with Crippen molar-refractivity contribution in [2.45, 2.75) is 18.0 Å². The topological polar surface area (TPSA) is 83.5 Å². The van der Waals surface area contributed by atoms with Crippen molar-refractivity contribution in [3.05, 3.63) is 33.1 Å². The van der Waals surface area contributed by atoms with Crippen molar-refractivity contribution in [3.63, 3.8) is 0 Å². The lowest BCUT2D eigenvalue weighted by atomic mass is 10.1. The Balaban J connectivity index is 3.53. The van der Waals surface area contributed by atoms with Gasteiger partial charge in [0, 0.05) is 3.57 Å². The summed E-state index contributed by atoms with van der Waals surface area (Å²) in [4.78, 5) is 11.7. The molecule has 0 unspecified atom stereocenters. The van der Waals surface area contributed by atoms with Crippen LogP contribution >= 0.6 is 22.6 Å². The van der Waals surface area contributed by atoms with Crippen molar-refractivity contribution < 1.29 is 53.2 Å². The summed E-state index contributed by atoms with van der Waals surface area (Å²) in [5.41, 5.74) is -6.95. The second-order valence-corrected chi connectivity index (χ2v) is 7.19. The minimum atomic E-state index is -6.52. The van der Waals surface area contributed by atoms with Crippen LogP contribution in [0.1, 0.15) is 10.4 Å². The summed E-state index contributed by atoms with van der Waals surface area (Å²) in [7, 11) is -6.16. The van der Waals surface area contributed by atoms with Gasteiger partial charge in [-0.15, -0.1) is 0 Å². The predicted octanol–water partition coefficient (Wildman–Crippen LogP) is 3.00. The number of hydrogen-bond donors (Lipinski definition) is 0. The van der Waals surface area contributed by atoms with Gasteiger partial charge in [0.25, 0.3) is 0 Å². The fourth-order valence-electron chi connectivity index (χ4n) is 1.59. The average molecular weight is 509 g/mol. The summed E-state index contributed by atoms with van der Waals surface area (Å²) in [5, 5.41) is 0. The number of esters is 1. The van der Waals surface area contributed by atoms with E-state index in [4.69, 9.17) is 0 Å². The minimum Gasteiger partial charge on any atom is -0.748 e. The Kier molecular flexibility index (Phi) is 6.01. The number of rotatable bonds is 4. The molecule has 0 aromatic heterocycles. The third-order valence-corrected chi connectivity index (χ3v) is 4.14. The highest BCUT2D eigenvalue weighted by Crippen LogP contribution is 2.47. The van der Waals surface area contributed by atoms with Crippen molar-refractivity contribution in [1.29, 1.82) is 0 Å². The molecule has 0 bridgehead atoms. The summed E-state index contributed by atoms with van der Waals surface area (Å²) in [6, 6.07) is 2.21. The van der Waals surface area contributed by atoms with Crippen molar-refractivity contribution in [3.8, 4) is 0 Å². The van der Waals surface area contributed by atoms with E-state index < -0.39 is 51.2 Å². The van der Waals surface area contributed by atoms with Crippen LogP contribution < -0.4 is 0 Å². The Morgan fingerprint density at radius 3 is 2.00 bits per heavy atom. The van der Waals surface area contributed by atoms with E-state index in [1.54, 1.807) is 0 Å². The molecule has 0 fully saturated rings. The van der Waals surface area contributed by atoms with Crippen LogP contribution in [0.4, 0.5) is 30.7 Å². The maximum absolute atomic E-state index is 13.5. The highest BCUT2D eigenvalue weighted by molar-refractivity contribution is 14.1. The summed E-state index contributed by atoms with van der Waals surface area (Å²) in [6.45, 7) is 0. The van der Waals surface area contributed by atoms with E-state index >= 15 is 0 Å². The van der Waals surface area contributed by atoms with E-state index in [0.29, 0.717) is 12.1 Å². The molecule has 0 amide bonds. The standard InChI is InChI=1S/C11H6F7IO5S/c12-7-2-1-5(19)3-6(7)8(20)24-9(10(13,14)15,11(16,17)18)4-25(21,22)23/h1-3H,4H2,(H,21,22,23)/p-1. The molecule has 0 atom stereocenters. The highest BCUT2D eigenvalue weighted by Gasteiger charge is 2.75. The predicted molar refractivity (Wildman–Crippen MR) is 73.9 cm³/mol. The third-order valence-electron chi connectivity index (χ3n) is 2.71. The molecule has 142 valence electrons. The molecule has 0 heterocycles. The van der Waals surface area contributed by atoms with Crippen LogP contribution in [-0.2, 0) is 14.9 Å². The van der Waals surface area contributed by atoms with E-state index in [9.17, 15) is 48.5 Å². The maximum Gasteiger partial charge on any atom is 0.438 e. The smallest absolute Gasteiger partial charge is 0.438 e. The Morgan fingerprint density at radius 2 is 1.60 bits per heavy atom. The lowest BCUT2D eigenvalue weighted by Crippen LogP contribution is -2.63. The van der Waals surface area contributed by atoms with Gasteiger partial charge in [0.1, 0.15) is 5.82 Å². The zero-order chi connectivity index (χ0) is 19.8. The Labute approximate surface area is 149 Å². The van der Waals surface area contributed by atoms with E-state index in [-0.39, 0.29) is 3.57 Å². The van der Waals surface area contributed by atoms with E-state index in [0.717, 1.165) is 6.07 Å². The van der Waals surface area contributed by atoms with Crippen LogP contribution in [0.2, 0.25) is 0 Å². The number of benzene rings is 1. The van der Waals surface area contributed by atoms with E-state index in [1.807, 2.05) is 0 Å². The van der Waals surface area contributed by atoms with Gasteiger partial charge < -0.3 is 9.29 Å². The molecule has 0 saturated heterocycles. The summed E-state index contributed by atoms with van der Waals surface area (Å²) >= 11 is 1.48. The summed E-state index contributed by atoms with van der Waals surface area (Å²) in [5.74, 6) is -7.09. The van der Waals surface area contributed by atoms with Crippen molar-refractivity contribution >= 4 is 38.7 Å². The Bertz CT molecular complexity index is 758. The second kappa shape index (κ2) is 6.86. The first-order valence-corrected chi connectivity index (χ1v) is 8.41. The zero-order valence-corrected chi connectivity index (χ0v) is 14.4. The molecule has 0 aliphatic carbocycles. The molecule has 0 spiro atoms. The lowest BCUT2D eigenvalue weighted by Gasteiger charge is -2.36. The molecular weight excluding hydrogens is 504 g/mol. The second-order valence-electron chi connectivity index (χ2n) is 4.54. The van der Waals surface area contributed by atoms with Crippen molar-refractivity contribution in [2.24, 2.45) is 0 Å². The monoisotopic (exact) mass is 509 g/mol. The first-order valence-electron chi connectivity index (χ1n) is 5.75. The molecule has 5 nitrogen and oxygen atoms in total. The Hall–Kier alpha value is -1.16. The van der Waals surface area contributed by atoms with Crippen LogP contribution in [0.5, 0.6) is 0 Å². The Morgan fingerprint density at radius 1 is 1.12 bits per heavy atom. The fourth-order valence-corrected chi connectivity index (χ4v) is 2.96. The first-order chi connectivity index (χ1) is 11.0. The molecule has 0 aliphatic rings. The van der Waals surface area contributed by atoms with Gasteiger partial charge in [-0.1, -0.05) is 0 Å². The SMILES string of the molecule is O=C(OC(CS(=O)(=O)[O-])(C(F)(F)F)C(F)(F)F)c1cc(I)ccc1F. The molecule has 25 heavy (non-hydrogen) atoms. The molecule has 14 heteroatoms. The number of hydrogen-bond acceptors (Lipinski definition) is 5. The number of carbonyl (C=O) groups excluding carboxylic acids is 1. The average Bonchev–Trinajstić information content (AvgIpc) is 2.36. The van der Waals surface area contributed by atoms with Gasteiger partial charge in [0.2, 0.25) is 0 Å². The van der Waals surface area contributed by atoms with Gasteiger partial charge in [-0.25, -0.2) is 17.6 Å². The molecular formula is C11H5F7IO5S-. The number of ether oxygens (including phenoxy) is 1. The highest BCUT2D eigenvalue weighted by atomic mass is 127. The van der Waals surface area contributed by atoms with Crippen LogP contribution in [0.15, 0.2) is 18.2 Å². The van der Waals surface area contributed by atoms with Gasteiger partial charge in [-0.05, 0) is 40.8 Å². The van der Waals surface area contributed by atoms with Gasteiger partial charge in [-0.2, -0.15) is 26.3 Å².